The van der Waals surface area contributed by atoms with Gasteiger partial charge in [0.25, 0.3) is 0 Å². The van der Waals surface area contributed by atoms with Crippen molar-refractivity contribution in [3.8, 4) is 11.6 Å². The third kappa shape index (κ3) is 1.73. The Hall–Kier alpha value is -2.70. The Morgan fingerprint density at radius 1 is 1.12 bits per heavy atom. The molecule has 0 atom stereocenters. The van der Waals surface area contributed by atoms with Crippen molar-refractivity contribution in [3.63, 3.8) is 0 Å². The van der Waals surface area contributed by atoms with Crippen molar-refractivity contribution in [2.24, 2.45) is 0 Å². The molecule has 2 N–H and O–H groups in total. The minimum absolute atomic E-state index is 0.442. The number of aromatic nitrogens is 5. The third-order valence-electron chi connectivity index (χ3n) is 2.18. The summed E-state index contributed by atoms with van der Waals surface area (Å²) >= 11 is 0. The van der Waals surface area contributed by atoms with Crippen molar-refractivity contribution in [1.82, 2.24) is 25.0 Å². The average Bonchev–Trinajstić information content (AvgIpc) is 2.81. The van der Waals surface area contributed by atoms with Crippen LogP contribution >= 0.6 is 0 Å². The van der Waals surface area contributed by atoms with Crippen molar-refractivity contribution in [2.45, 2.75) is 0 Å². The molecule has 0 saturated heterocycles. The minimum atomic E-state index is 0.442. The molecule has 3 aromatic rings. The van der Waals surface area contributed by atoms with Gasteiger partial charge in [0.2, 0.25) is 11.5 Å². The van der Waals surface area contributed by atoms with E-state index in [2.05, 4.69) is 20.5 Å². The van der Waals surface area contributed by atoms with Gasteiger partial charge < -0.3 is 10.5 Å². The normalized spacial score (nSPS) is 10.6. The molecule has 0 amide bonds. The van der Waals surface area contributed by atoms with E-state index in [0.717, 1.165) is 0 Å². The fraction of sp³-hybridized carbons (Fsp3) is 0. The summed E-state index contributed by atoms with van der Waals surface area (Å²) in [5.74, 6) is 1.08. The molecule has 84 valence electrons. The van der Waals surface area contributed by atoms with Gasteiger partial charge in [0.15, 0.2) is 0 Å². The molecular formula is C10H8N6O. The van der Waals surface area contributed by atoms with Crippen LogP contribution in [0.4, 0.5) is 5.69 Å². The molecule has 0 radical (unpaired) electrons. The molecule has 3 rings (SSSR count). The highest BCUT2D eigenvalue weighted by Gasteiger charge is 2.05. The third-order valence-corrected chi connectivity index (χ3v) is 2.18. The van der Waals surface area contributed by atoms with E-state index < -0.39 is 0 Å². The molecular weight excluding hydrogens is 220 g/mol. The smallest absolute Gasteiger partial charge is 0.242 e. The number of rotatable bonds is 2. The van der Waals surface area contributed by atoms with E-state index in [0.29, 0.717) is 23.0 Å². The van der Waals surface area contributed by atoms with Crippen LogP contribution in [0.5, 0.6) is 11.6 Å². The Bertz CT molecular complexity index is 647. The van der Waals surface area contributed by atoms with Gasteiger partial charge in [0, 0.05) is 5.69 Å². The van der Waals surface area contributed by atoms with Gasteiger partial charge in [-0.15, -0.1) is 5.10 Å². The lowest BCUT2D eigenvalue weighted by atomic mass is 10.3. The number of benzene rings is 1. The standard InChI is InChI=1S/C10H8N6O/c11-7-1-3-8(4-2-7)17-10-6-12-5-9-13-14-15-16(9)10/h1-6H,11H2. The summed E-state index contributed by atoms with van der Waals surface area (Å²) in [6.45, 7) is 0. The predicted molar refractivity (Wildman–Crippen MR) is 59.5 cm³/mol. The maximum Gasteiger partial charge on any atom is 0.242 e. The first-order valence-electron chi connectivity index (χ1n) is 4.88. The molecule has 0 bridgehead atoms. The fourth-order valence-electron chi connectivity index (χ4n) is 1.38. The quantitative estimate of drug-likeness (QED) is 0.655. The van der Waals surface area contributed by atoms with Crippen LogP contribution in [-0.4, -0.2) is 25.0 Å². The molecule has 1 aromatic carbocycles. The van der Waals surface area contributed by atoms with E-state index >= 15 is 0 Å². The summed E-state index contributed by atoms with van der Waals surface area (Å²) < 4.78 is 7.07. The molecule has 0 aliphatic carbocycles. The number of nitrogens with zero attached hydrogens (tertiary/aromatic N) is 5. The molecule has 2 heterocycles. The van der Waals surface area contributed by atoms with Gasteiger partial charge in [-0.3, -0.25) is 4.98 Å². The number of nitrogens with two attached hydrogens (primary N) is 1. The second-order valence-electron chi connectivity index (χ2n) is 3.37. The van der Waals surface area contributed by atoms with Gasteiger partial charge in [-0.2, -0.15) is 4.52 Å². The highest BCUT2D eigenvalue weighted by atomic mass is 16.5. The number of hydrogen-bond donors (Lipinski definition) is 1. The number of anilines is 1. The lowest BCUT2D eigenvalue weighted by Crippen LogP contribution is -1.96. The Kier molecular flexibility index (Phi) is 2.08. The van der Waals surface area contributed by atoms with Crippen molar-refractivity contribution >= 4 is 11.3 Å². The lowest BCUT2D eigenvalue weighted by Gasteiger charge is -2.05. The molecule has 7 nitrogen and oxygen atoms in total. The van der Waals surface area contributed by atoms with Crippen LogP contribution in [0.25, 0.3) is 5.65 Å². The van der Waals surface area contributed by atoms with Gasteiger partial charge in [-0.1, -0.05) is 0 Å². The first kappa shape index (κ1) is 9.52. The summed E-state index contributed by atoms with van der Waals surface area (Å²) in [7, 11) is 0. The topological polar surface area (TPSA) is 91.2 Å². The van der Waals surface area contributed by atoms with E-state index in [4.69, 9.17) is 10.5 Å². The summed E-state index contributed by atoms with van der Waals surface area (Å²) in [6.07, 6.45) is 3.09. The van der Waals surface area contributed by atoms with Crippen molar-refractivity contribution in [1.29, 1.82) is 0 Å². The first-order valence-corrected chi connectivity index (χ1v) is 4.88. The van der Waals surface area contributed by atoms with Gasteiger partial charge in [0.05, 0.1) is 12.4 Å². The summed E-state index contributed by atoms with van der Waals surface area (Å²) in [5, 5.41) is 11.1. The maximum atomic E-state index is 5.61. The zero-order valence-corrected chi connectivity index (χ0v) is 8.69. The number of hydrogen-bond acceptors (Lipinski definition) is 6. The zero-order chi connectivity index (χ0) is 11.7. The summed E-state index contributed by atoms with van der Waals surface area (Å²) in [6, 6.07) is 7.03. The fourth-order valence-corrected chi connectivity index (χ4v) is 1.38. The zero-order valence-electron chi connectivity index (χ0n) is 8.69. The maximum absolute atomic E-state index is 5.61. The van der Waals surface area contributed by atoms with Gasteiger partial charge in [-0.05, 0) is 34.7 Å². The lowest BCUT2D eigenvalue weighted by molar-refractivity contribution is 0.442. The van der Waals surface area contributed by atoms with Crippen LogP contribution < -0.4 is 10.5 Å². The monoisotopic (exact) mass is 228 g/mol. The number of ether oxygens (including phenoxy) is 1. The van der Waals surface area contributed by atoms with Crippen LogP contribution in [0.1, 0.15) is 0 Å². The number of tetrazole rings is 1. The summed E-state index contributed by atoms with van der Waals surface area (Å²) in [4.78, 5) is 3.99. The molecule has 0 fully saturated rings. The Morgan fingerprint density at radius 3 is 2.76 bits per heavy atom. The second kappa shape index (κ2) is 3.71. The Labute approximate surface area is 95.8 Å². The van der Waals surface area contributed by atoms with Crippen LogP contribution in [0, 0.1) is 0 Å². The molecule has 0 unspecified atom stereocenters. The molecule has 2 aromatic heterocycles. The summed E-state index contributed by atoms with van der Waals surface area (Å²) in [5.41, 5.74) is 6.79. The second-order valence-corrected chi connectivity index (χ2v) is 3.37. The minimum Gasteiger partial charge on any atom is -0.437 e. The molecule has 17 heavy (non-hydrogen) atoms. The van der Waals surface area contributed by atoms with Crippen molar-refractivity contribution in [3.05, 3.63) is 36.7 Å². The molecule has 0 spiro atoms. The van der Waals surface area contributed by atoms with E-state index in [1.165, 1.54) is 4.52 Å². The molecule has 0 saturated carbocycles. The van der Waals surface area contributed by atoms with E-state index in [9.17, 15) is 0 Å². The predicted octanol–water partition coefficient (Wildman–Crippen LogP) is 0.894. The average molecular weight is 228 g/mol. The van der Waals surface area contributed by atoms with Crippen molar-refractivity contribution in [2.75, 3.05) is 5.73 Å². The molecule has 7 heteroatoms. The highest BCUT2D eigenvalue weighted by Crippen LogP contribution is 2.21. The highest BCUT2D eigenvalue weighted by molar-refractivity contribution is 5.43. The van der Waals surface area contributed by atoms with E-state index in [-0.39, 0.29) is 0 Å². The van der Waals surface area contributed by atoms with Gasteiger partial charge in [0.1, 0.15) is 5.75 Å². The number of fused-ring (bicyclic) bond motifs is 1. The Morgan fingerprint density at radius 2 is 1.94 bits per heavy atom. The SMILES string of the molecule is Nc1ccc(Oc2cncc3nnnn23)cc1. The molecule has 0 aliphatic rings. The number of nitrogen functional groups attached to an aromatic ring is 1. The van der Waals surface area contributed by atoms with Crippen LogP contribution in [0.2, 0.25) is 0 Å². The van der Waals surface area contributed by atoms with Gasteiger partial charge >= 0.3 is 0 Å². The van der Waals surface area contributed by atoms with Crippen LogP contribution in [-0.2, 0) is 0 Å². The van der Waals surface area contributed by atoms with Crippen LogP contribution in [0.3, 0.4) is 0 Å². The van der Waals surface area contributed by atoms with Crippen LogP contribution in [0.15, 0.2) is 36.7 Å². The Balaban J connectivity index is 1.99. The van der Waals surface area contributed by atoms with Crippen molar-refractivity contribution < 1.29 is 4.74 Å². The van der Waals surface area contributed by atoms with E-state index in [1.807, 2.05) is 0 Å². The molecule has 0 aliphatic heterocycles. The largest absolute Gasteiger partial charge is 0.437 e. The van der Waals surface area contributed by atoms with Gasteiger partial charge in [-0.25, -0.2) is 0 Å². The first-order chi connectivity index (χ1) is 8.33. The van der Waals surface area contributed by atoms with E-state index in [1.54, 1.807) is 36.7 Å².